The molecule has 1 aliphatic heterocycles. The lowest BCUT2D eigenvalue weighted by molar-refractivity contribution is -0.133. The summed E-state index contributed by atoms with van der Waals surface area (Å²) in [5.74, 6) is 1.59. The molecule has 3 aromatic rings. The Kier molecular flexibility index (Phi) is 7.17. The molecule has 1 atom stereocenters. The number of ether oxygens (including phenoxy) is 2. The van der Waals surface area contributed by atoms with E-state index in [-0.39, 0.29) is 18.1 Å². The van der Waals surface area contributed by atoms with Crippen LogP contribution in [0.15, 0.2) is 61.1 Å². The third-order valence-electron chi connectivity index (χ3n) is 5.89. The molecule has 1 fully saturated rings. The van der Waals surface area contributed by atoms with Crippen molar-refractivity contribution in [3.8, 4) is 11.5 Å². The minimum atomic E-state index is 0.0527. The number of imidazole rings is 1. The molecule has 7 nitrogen and oxygen atoms in total. The van der Waals surface area contributed by atoms with Gasteiger partial charge in [-0.15, -0.1) is 0 Å². The van der Waals surface area contributed by atoms with Gasteiger partial charge in [0.25, 0.3) is 0 Å². The molecule has 1 aromatic heterocycles. The van der Waals surface area contributed by atoms with Crippen LogP contribution in [0.2, 0.25) is 0 Å². The molecule has 1 unspecified atom stereocenters. The number of methoxy groups -OCH3 is 1. The molecule has 0 spiro atoms. The van der Waals surface area contributed by atoms with Crippen LogP contribution in [-0.4, -0.2) is 59.7 Å². The third-order valence-corrected chi connectivity index (χ3v) is 5.89. The molecule has 1 saturated heterocycles. The quantitative estimate of drug-likeness (QED) is 0.569. The first-order chi connectivity index (χ1) is 16.0. The Morgan fingerprint density at radius 3 is 2.67 bits per heavy atom. The Labute approximate surface area is 195 Å². The molecule has 0 radical (unpaired) electrons. The lowest BCUT2D eigenvalue weighted by Gasteiger charge is -2.43. The minimum absolute atomic E-state index is 0.0527. The number of carbonyl (C=O) groups excluding carboxylic acids is 1. The van der Waals surface area contributed by atoms with Crippen LogP contribution in [0.1, 0.15) is 25.1 Å². The largest absolute Gasteiger partial charge is 0.493 e. The van der Waals surface area contributed by atoms with Crippen LogP contribution in [0, 0.1) is 0 Å². The van der Waals surface area contributed by atoms with Crippen molar-refractivity contribution in [3.63, 3.8) is 0 Å². The van der Waals surface area contributed by atoms with E-state index in [0.717, 1.165) is 42.4 Å². The van der Waals surface area contributed by atoms with Crippen molar-refractivity contribution in [2.45, 2.75) is 38.8 Å². The summed E-state index contributed by atoms with van der Waals surface area (Å²) in [6.07, 6.45) is 4.52. The SMILES string of the molecule is COc1ccc(N2CCN(C(=O)Cc3cnc[nH]3)C(Cc3ccccc3)C2)cc1OC(C)C. The number of nitrogens with zero attached hydrogens (tertiary/aromatic N) is 3. The van der Waals surface area contributed by atoms with Gasteiger partial charge in [0, 0.05) is 43.3 Å². The monoisotopic (exact) mass is 448 g/mol. The fourth-order valence-corrected chi connectivity index (χ4v) is 4.33. The highest BCUT2D eigenvalue weighted by molar-refractivity contribution is 5.79. The highest BCUT2D eigenvalue weighted by Crippen LogP contribution is 2.33. The molecular formula is C26H32N4O3. The van der Waals surface area contributed by atoms with Gasteiger partial charge in [-0.3, -0.25) is 4.79 Å². The molecule has 2 heterocycles. The van der Waals surface area contributed by atoms with Crippen molar-refractivity contribution >= 4 is 11.6 Å². The second-order valence-corrected chi connectivity index (χ2v) is 8.63. The fraction of sp³-hybridized carbons (Fsp3) is 0.385. The zero-order valence-electron chi connectivity index (χ0n) is 19.5. The maximum absolute atomic E-state index is 13.2. The lowest BCUT2D eigenvalue weighted by atomic mass is 10.0. The summed E-state index contributed by atoms with van der Waals surface area (Å²) in [5, 5.41) is 0. The molecule has 1 N–H and O–H groups in total. The number of aromatic amines is 1. The van der Waals surface area contributed by atoms with E-state index in [4.69, 9.17) is 9.47 Å². The fourth-order valence-electron chi connectivity index (χ4n) is 4.33. The summed E-state index contributed by atoms with van der Waals surface area (Å²) in [7, 11) is 1.65. The molecule has 4 rings (SSSR count). The Hall–Kier alpha value is -3.48. The van der Waals surface area contributed by atoms with Crippen LogP contribution < -0.4 is 14.4 Å². The molecule has 174 valence electrons. The van der Waals surface area contributed by atoms with Gasteiger partial charge < -0.3 is 24.3 Å². The number of H-pyrrole nitrogens is 1. The Morgan fingerprint density at radius 1 is 1.15 bits per heavy atom. The predicted octanol–water partition coefficient (Wildman–Crippen LogP) is 3.71. The molecular weight excluding hydrogens is 416 g/mol. The number of anilines is 1. The number of aromatic nitrogens is 2. The summed E-state index contributed by atoms with van der Waals surface area (Å²) < 4.78 is 11.5. The normalized spacial score (nSPS) is 16.2. The van der Waals surface area contributed by atoms with Crippen molar-refractivity contribution in [2.75, 3.05) is 31.6 Å². The van der Waals surface area contributed by atoms with E-state index in [2.05, 4.69) is 33.1 Å². The summed E-state index contributed by atoms with van der Waals surface area (Å²) >= 11 is 0. The summed E-state index contributed by atoms with van der Waals surface area (Å²) in [5.41, 5.74) is 3.14. The molecule has 1 amide bonds. The van der Waals surface area contributed by atoms with Gasteiger partial charge in [-0.05, 0) is 38.0 Å². The van der Waals surface area contributed by atoms with E-state index >= 15 is 0 Å². The van der Waals surface area contributed by atoms with Crippen LogP contribution in [0.4, 0.5) is 5.69 Å². The van der Waals surface area contributed by atoms with Crippen LogP contribution in [-0.2, 0) is 17.6 Å². The van der Waals surface area contributed by atoms with Gasteiger partial charge in [-0.2, -0.15) is 0 Å². The van der Waals surface area contributed by atoms with Gasteiger partial charge in [0.05, 0.1) is 32.0 Å². The number of nitrogens with one attached hydrogen (secondary N) is 1. The Balaban J connectivity index is 1.56. The highest BCUT2D eigenvalue weighted by Gasteiger charge is 2.31. The lowest BCUT2D eigenvalue weighted by Crippen LogP contribution is -2.56. The molecule has 7 heteroatoms. The Bertz CT molecular complexity index is 1040. The summed E-state index contributed by atoms with van der Waals surface area (Å²) in [4.78, 5) is 24.6. The topological polar surface area (TPSA) is 70.7 Å². The first-order valence-electron chi connectivity index (χ1n) is 11.4. The zero-order chi connectivity index (χ0) is 23.2. The van der Waals surface area contributed by atoms with Crippen molar-refractivity contribution in [3.05, 3.63) is 72.3 Å². The summed E-state index contributed by atoms with van der Waals surface area (Å²) in [6, 6.07) is 16.5. The van der Waals surface area contributed by atoms with Crippen LogP contribution in [0.3, 0.4) is 0 Å². The van der Waals surface area contributed by atoms with E-state index < -0.39 is 0 Å². The highest BCUT2D eigenvalue weighted by atomic mass is 16.5. The van der Waals surface area contributed by atoms with E-state index in [1.165, 1.54) is 5.56 Å². The van der Waals surface area contributed by atoms with E-state index in [1.807, 2.05) is 49.1 Å². The van der Waals surface area contributed by atoms with E-state index in [9.17, 15) is 4.79 Å². The number of hydrogen-bond acceptors (Lipinski definition) is 5. The van der Waals surface area contributed by atoms with Crippen LogP contribution >= 0.6 is 0 Å². The van der Waals surface area contributed by atoms with Crippen molar-refractivity contribution in [1.29, 1.82) is 0 Å². The molecule has 0 saturated carbocycles. The molecule has 1 aliphatic rings. The van der Waals surface area contributed by atoms with Crippen molar-refractivity contribution in [1.82, 2.24) is 14.9 Å². The zero-order valence-corrected chi connectivity index (χ0v) is 19.5. The number of amides is 1. The second kappa shape index (κ2) is 10.4. The van der Waals surface area contributed by atoms with Crippen LogP contribution in [0.5, 0.6) is 11.5 Å². The van der Waals surface area contributed by atoms with Gasteiger partial charge in [-0.1, -0.05) is 30.3 Å². The maximum atomic E-state index is 13.2. The van der Waals surface area contributed by atoms with Crippen LogP contribution in [0.25, 0.3) is 0 Å². The number of piperazine rings is 1. The maximum Gasteiger partial charge on any atom is 0.228 e. The summed E-state index contributed by atoms with van der Waals surface area (Å²) in [6.45, 7) is 6.18. The van der Waals surface area contributed by atoms with Gasteiger partial charge in [0.15, 0.2) is 11.5 Å². The first-order valence-corrected chi connectivity index (χ1v) is 11.4. The number of benzene rings is 2. The van der Waals surface area contributed by atoms with Crippen molar-refractivity contribution in [2.24, 2.45) is 0 Å². The standard InChI is InChI=1S/C26H32N4O3/c1-19(2)33-25-15-22(9-10-24(25)32-3)29-11-12-30(26(31)14-21-16-27-18-28-21)23(17-29)13-20-7-5-4-6-8-20/h4-10,15-16,18-19,23H,11-14,17H2,1-3H3,(H,27,28). The third kappa shape index (κ3) is 5.66. The number of hydrogen-bond donors (Lipinski definition) is 1. The minimum Gasteiger partial charge on any atom is -0.493 e. The Morgan fingerprint density at radius 2 is 1.97 bits per heavy atom. The number of carbonyl (C=O) groups is 1. The molecule has 33 heavy (non-hydrogen) atoms. The average molecular weight is 449 g/mol. The van der Waals surface area contributed by atoms with Gasteiger partial charge >= 0.3 is 0 Å². The van der Waals surface area contributed by atoms with E-state index in [1.54, 1.807) is 19.6 Å². The average Bonchev–Trinajstić information content (AvgIpc) is 3.32. The van der Waals surface area contributed by atoms with E-state index in [0.29, 0.717) is 13.0 Å². The van der Waals surface area contributed by atoms with Crippen molar-refractivity contribution < 1.29 is 14.3 Å². The molecule has 0 bridgehead atoms. The first kappa shape index (κ1) is 22.7. The van der Waals surface area contributed by atoms with Gasteiger partial charge in [-0.25, -0.2) is 4.98 Å². The predicted molar refractivity (Wildman–Crippen MR) is 129 cm³/mol. The van der Waals surface area contributed by atoms with Gasteiger partial charge in [0.1, 0.15) is 0 Å². The smallest absolute Gasteiger partial charge is 0.228 e. The number of rotatable bonds is 8. The molecule has 0 aliphatic carbocycles. The second-order valence-electron chi connectivity index (χ2n) is 8.63. The molecule has 2 aromatic carbocycles. The van der Waals surface area contributed by atoms with Gasteiger partial charge in [0.2, 0.25) is 5.91 Å².